The first-order valence-electron chi connectivity index (χ1n) is 7.91. The van der Waals surface area contributed by atoms with Crippen LogP contribution in [0.5, 0.6) is 5.75 Å². The summed E-state index contributed by atoms with van der Waals surface area (Å²) in [6.45, 7) is 4.84. The van der Waals surface area contributed by atoms with Crippen LogP contribution in [0.25, 0.3) is 0 Å². The largest absolute Gasteiger partial charge is 0.493 e. The predicted octanol–water partition coefficient (Wildman–Crippen LogP) is 2.70. The van der Waals surface area contributed by atoms with E-state index in [4.69, 9.17) is 10.5 Å². The number of rotatable bonds is 8. The van der Waals surface area contributed by atoms with Gasteiger partial charge in [0.1, 0.15) is 5.75 Å². The fraction of sp³-hybridized carbons (Fsp3) is 0.333. The van der Waals surface area contributed by atoms with Crippen LogP contribution in [-0.4, -0.2) is 21.6 Å². The molecule has 0 aliphatic rings. The molecule has 0 amide bonds. The molecule has 0 aliphatic heterocycles. The molecule has 1 atom stereocenters. The second-order valence-electron chi connectivity index (χ2n) is 6.05. The van der Waals surface area contributed by atoms with Gasteiger partial charge in [-0.05, 0) is 35.7 Å². The summed E-state index contributed by atoms with van der Waals surface area (Å²) >= 11 is 0. The molecule has 0 aliphatic carbocycles. The molecule has 0 saturated heterocycles. The Morgan fingerprint density at radius 1 is 1.04 bits per heavy atom. The van der Waals surface area contributed by atoms with Gasteiger partial charge in [0.2, 0.25) is 10.0 Å². The molecular weight excluding hydrogens is 324 g/mol. The van der Waals surface area contributed by atoms with Crippen LogP contribution in [0.1, 0.15) is 25.5 Å². The van der Waals surface area contributed by atoms with Crippen molar-refractivity contribution in [2.24, 2.45) is 11.7 Å². The molecular formula is C18H24N2O3S. The van der Waals surface area contributed by atoms with Crippen molar-refractivity contribution < 1.29 is 13.2 Å². The minimum Gasteiger partial charge on any atom is -0.493 e. The van der Waals surface area contributed by atoms with Crippen LogP contribution in [-0.2, 0) is 10.0 Å². The molecule has 6 heteroatoms. The predicted molar refractivity (Wildman–Crippen MR) is 95.3 cm³/mol. The van der Waals surface area contributed by atoms with Crippen molar-refractivity contribution in [2.45, 2.75) is 24.8 Å². The van der Waals surface area contributed by atoms with Crippen LogP contribution in [0.15, 0.2) is 59.5 Å². The van der Waals surface area contributed by atoms with E-state index in [1.165, 1.54) is 12.1 Å². The van der Waals surface area contributed by atoms with Gasteiger partial charge in [-0.3, -0.25) is 0 Å². The van der Waals surface area contributed by atoms with Gasteiger partial charge in [-0.15, -0.1) is 0 Å². The highest BCUT2D eigenvalue weighted by molar-refractivity contribution is 7.89. The number of ether oxygens (including phenoxy) is 1. The summed E-state index contributed by atoms with van der Waals surface area (Å²) in [5, 5.41) is 0. The highest BCUT2D eigenvalue weighted by atomic mass is 32.2. The lowest BCUT2D eigenvalue weighted by molar-refractivity contribution is 0.271. The molecule has 0 fully saturated rings. The molecule has 2 aromatic rings. The van der Waals surface area contributed by atoms with E-state index in [2.05, 4.69) is 18.6 Å². The number of benzene rings is 2. The van der Waals surface area contributed by atoms with E-state index >= 15 is 0 Å². The van der Waals surface area contributed by atoms with E-state index in [1.54, 1.807) is 12.1 Å². The van der Waals surface area contributed by atoms with Crippen molar-refractivity contribution >= 4 is 10.0 Å². The van der Waals surface area contributed by atoms with Gasteiger partial charge in [0.15, 0.2) is 0 Å². The SMILES string of the molecule is CC(C)COc1ccc(S(=O)(=O)NCC(N)c2ccccc2)cc1. The van der Waals surface area contributed by atoms with Gasteiger partial charge >= 0.3 is 0 Å². The van der Waals surface area contributed by atoms with Crippen molar-refractivity contribution in [3.63, 3.8) is 0 Å². The van der Waals surface area contributed by atoms with Crippen LogP contribution < -0.4 is 15.2 Å². The zero-order chi connectivity index (χ0) is 17.6. The fourth-order valence-electron chi connectivity index (χ4n) is 2.08. The summed E-state index contributed by atoms with van der Waals surface area (Å²) in [5.41, 5.74) is 6.91. The summed E-state index contributed by atoms with van der Waals surface area (Å²) in [6, 6.07) is 15.4. The van der Waals surface area contributed by atoms with E-state index in [0.717, 1.165) is 5.56 Å². The Hall–Kier alpha value is -1.89. The van der Waals surface area contributed by atoms with Gasteiger partial charge in [0.25, 0.3) is 0 Å². The molecule has 0 heterocycles. The Morgan fingerprint density at radius 3 is 2.25 bits per heavy atom. The van der Waals surface area contributed by atoms with Crippen molar-refractivity contribution in [1.82, 2.24) is 4.72 Å². The third-order valence-electron chi connectivity index (χ3n) is 3.44. The summed E-state index contributed by atoms with van der Waals surface area (Å²) in [6.07, 6.45) is 0. The number of hydrogen-bond donors (Lipinski definition) is 2. The molecule has 5 nitrogen and oxygen atoms in total. The Bertz CT molecular complexity index is 729. The molecule has 0 radical (unpaired) electrons. The summed E-state index contributed by atoms with van der Waals surface area (Å²) in [4.78, 5) is 0.194. The van der Waals surface area contributed by atoms with E-state index in [9.17, 15) is 8.42 Å². The molecule has 130 valence electrons. The minimum absolute atomic E-state index is 0.137. The van der Waals surface area contributed by atoms with Crippen LogP contribution in [0.4, 0.5) is 0 Å². The standard InChI is InChI=1S/C18H24N2O3S/c1-14(2)13-23-16-8-10-17(11-9-16)24(21,22)20-12-18(19)15-6-4-3-5-7-15/h3-11,14,18,20H,12-13,19H2,1-2H3. The van der Waals surface area contributed by atoms with Gasteiger partial charge in [0.05, 0.1) is 11.5 Å². The quantitative estimate of drug-likeness (QED) is 0.768. The normalized spacial score (nSPS) is 13.0. The Labute approximate surface area is 143 Å². The smallest absolute Gasteiger partial charge is 0.240 e. The van der Waals surface area contributed by atoms with Gasteiger partial charge in [-0.2, -0.15) is 0 Å². The molecule has 0 spiro atoms. The maximum Gasteiger partial charge on any atom is 0.240 e. The summed E-state index contributed by atoms with van der Waals surface area (Å²) < 4.78 is 32.8. The zero-order valence-electron chi connectivity index (χ0n) is 14.0. The Morgan fingerprint density at radius 2 is 1.67 bits per heavy atom. The zero-order valence-corrected chi connectivity index (χ0v) is 14.8. The summed E-state index contributed by atoms with van der Waals surface area (Å²) in [5.74, 6) is 1.07. The van der Waals surface area contributed by atoms with Crippen molar-refractivity contribution in [3.8, 4) is 5.75 Å². The molecule has 0 saturated carbocycles. The molecule has 1 unspecified atom stereocenters. The first kappa shape index (κ1) is 18.4. The van der Waals surface area contributed by atoms with Gasteiger partial charge < -0.3 is 10.5 Å². The maximum absolute atomic E-state index is 12.3. The summed E-state index contributed by atoms with van der Waals surface area (Å²) in [7, 11) is -3.60. The lowest BCUT2D eigenvalue weighted by Gasteiger charge is -2.14. The number of sulfonamides is 1. The second-order valence-corrected chi connectivity index (χ2v) is 7.81. The van der Waals surface area contributed by atoms with Crippen LogP contribution >= 0.6 is 0 Å². The highest BCUT2D eigenvalue weighted by Crippen LogP contribution is 2.17. The van der Waals surface area contributed by atoms with E-state index in [-0.39, 0.29) is 11.4 Å². The topological polar surface area (TPSA) is 81.4 Å². The molecule has 0 bridgehead atoms. The van der Waals surface area contributed by atoms with Crippen molar-refractivity contribution in [1.29, 1.82) is 0 Å². The van der Waals surface area contributed by atoms with Crippen LogP contribution in [0.2, 0.25) is 0 Å². The van der Waals surface area contributed by atoms with Crippen LogP contribution in [0.3, 0.4) is 0 Å². The fourth-order valence-corrected chi connectivity index (χ4v) is 3.14. The lowest BCUT2D eigenvalue weighted by Crippen LogP contribution is -2.31. The van der Waals surface area contributed by atoms with Crippen molar-refractivity contribution in [3.05, 3.63) is 60.2 Å². The van der Waals surface area contributed by atoms with Gasteiger partial charge in [-0.1, -0.05) is 44.2 Å². The van der Waals surface area contributed by atoms with E-state index in [0.29, 0.717) is 18.3 Å². The molecule has 2 aromatic carbocycles. The third kappa shape index (κ3) is 5.33. The number of nitrogens with two attached hydrogens (primary N) is 1. The molecule has 2 rings (SSSR count). The van der Waals surface area contributed by atoms with Gasteiger partial charge in [0, 0.05) is 12.6 Å². The minimum atomic E-state index is -3.60. The van der Waals surface area contributed by atoms with E-state index in [1.807, 2.05) is 30.3 Å². The number of hydrogen-bond acceptors (Lipinski definition) is 4. The van der Waals surface area contributed by atoms with E-state index < -0.39 is 16.1 Å². The number of nitrogens with one attached hydrogen (secondary N) is 1. The second kappa shape index (κ2) is 8.28. The first-order chi connectivity index (χ1) is 11.4. The van der Waals surface area contributed by atoms with Gasteiger partial charge in [-0.25, -0.2) is 13.1 Å². The average molecular weight is 348 g/mol. The molecule has 24 heavy (non-hydrogen) atoms. The third-order valence-corrected chi connectivity index (χ3v) is 4.88. The average Bonchev–Trinajstić information content (AvgIpc) is 2.59. The molecule has 0 aromatic heterocycles. The maximum atomic E-state index is 12.3. The lowest BCUT2D eigenvalue weighted by atomic mass is 10.1. The van der Waals surface area contributed by atoms with Crippen molar-refractivity contribution in [2.75, 3.05) is 13.2 Å². The highest BCUT2D eigenvalue weighted by Gasteiger charge is 2.16. The Balaban J connectivity index is 1.97. The van der Waals surface area contributed by atoms with Crippen LogP contribution in [0, 0.1) is 5.92 Å². The first-order valence-corrected chi connectivity index (χ1v) is 9.40. The molecule has 3 N–H and O–H groups in total. The Kier molecular flexibility index (Phi) is 6.36. The monoisotopic (exact) mass is 348 g/mol.